The predicted octanol–water partition coefficient (Wildman–Crippen LogP) is 3.71. The Balaban J connectivity index is 1.77. The van der Waals surface area contributed by atoms with Crippen LogP contribution in [0.2, 0.25) is 5.02 Å². The lowest BCUT2D eigenvalue weighted by molar-refractivity contribution is -0.127. The number of halogens is 1. The molecule has 2 rings (SSSR count). The molecule has 1 N–H and O–H groups in total. The monoisotopic (exact) mass is 322 g/mol. The highest BCUT2D eigenvalue weighted by Crippen LogP contribution is 2.20. The summed E-state index contributed by atoms with van der Waals surface area (Å²) >= 11 is 5.91. The van der Waals surface area contributed by atoms with Gasteiger partial charge in [0.1, 0.15) is 0 Å². The lowest BCUT2D eigenvalue weighted by atomic mass is 9.94. The molecule has 0 aliphatic carbocycles. The maximum atomic E-state index is 12.3. The molecule has 0 unspecified atom stereocenters. The molecule has 1 amide bonds. The van der Waals surface area contributed by atoms with Gasteiger partial charge in [0.2, 0.25) is 5.91 Å². The summed E-state index contributed by atoms with van der Waals surface area (Å²) in [6, 6.07) is 8.27. The minimum Gasteiger partial charge on any atom is -0.353 e. The lowest BCUT2D eigenvalue weighted by Gasteiger charge is -2.32. The summed E-state index contributed by atoms with van der Waals surface area (Å²) in [5.41, 5.74) is 1.28. The molecule has 122 valence electrons. The summed E-state index contributed by atoms with van der Waals surface area (Å²) in [7, 11) is 0. The zero-order chi connectivity index (χ0) is 16.1. The second-order valence-corrected chi connectivity index (χ2v) is 7.15. The third kappa shape index (κ3) is 4.99. The van der Waals surface area contributed by atoms with Crippen molar-refractivity contribution in [3.63, 3.8) is 0 Å². The highest BCUT2D eigenvalue weighted by Gasteiger charge is 2.26. The van der Waals surface area contributed by atoms with E-state index in [9.17, 15) is 4.79 Å². The van der Waals surface area contributed by atoms with E-state index in [1.807, 2.05) is 12.1 Å². The van der Waals surface area contributed by atoms with Gasteiger partial charge in [-0.25, -0.2) is 0 Å². The topological polar surface area (TPSA) is 32.3 Å². The van der Waals surface area contributed by atoms with E-state index in [4.69, 9.17) is 11.6 Å². The molecule has 1 aliphatic rings. The Bertz CT molecular complexity index is 478. The van der Waals surface area contributed by atoms with E-state index in [1.165, 1.54) is 5.56 Å². The molecule has 1 heterocycles. The normalized spacial score (nSPS) is 18.4. The van der Waals surface area contributed by atoms with Gasteiger partial charge in [0.15, 0.2) is 0 Å². The number of likely N-dealkylation sites (tertiary alicyclic amines) is 1. The number of amides is 1. The Morgan fingerprint density at radius 3 is 2.36 bits per heavy atom. The smallest absolute Gasteiger partial charge is 0.223 e. The van der Waals surface area contributed by atoms with Gasteiger partial charge in [0, 0.05) is 23.5 Å². The van der Waals surface area contributed by atoms with Gasteiger partial charge >= 0.3 is 0 Å². The van der Waals surface area contributed by atoms with Gasteiger partial charge < -0.3 is 5.32 Å². The quantitative estimate of drug-likeness (QED) is 0.896. The van der Waals surface area contributed by atoms with Crippen molar-refractivity contribution < 1.29 is 4.79 Å². The van der Waals surface area contributed by atoms with Crippen LogP contribution in [0.5, 0.6) is 0 Å². The van der Waals surface area contributed by atoms with Crippen LogP contribution < -0.4 is 5.32 Å². The minimum atomic E-state index is 0.169. The zero-order valence-electron chi connectivity index (χ0n) is 13.8. The molecule has 1 aromatic carbocycles. The van der Waals surface area contributed by atoms with Crippen LogP contribution in [-0.2, 0) is 11.3 Å². The molecule has 0 radical (unpaired) electrons. The van der Waals surface area contributed by atoms with Crippen molar-refractivity contribution in [1.29, 1.82) is 0 Å². The van der Waals surface area contributed by atoms with Crippen molar-refractivity contribution in [3.8, 4) is 0 Å². The molecule has 0 bridgehead atoms. The fourth-order valence-corrected chi connectivity index (χ4v) is 2.84. The molecular weight excluding hydrogens is 296 g/mol. The average molecular weight is 323 g/mol. The lowest BCUT2D eigenvalue weighted by Crippen LogP contribution is -2.44. The first-order valence-corrected chi connectivity index (χ1v) is 8.60. The third-order valence-corrected chi connectivity index (χ3v) is 4.90. The number of hydrogen-bond acceptors (Lipinski definition) is 2. The predicted molar refractivity (Wildman–Crippen MR) is 91.9 cm³/mol. The van der Waals surface area contributed by atoms with Gasteiger partial charge in [0.25, 0.3) is 0 Å². The van der Waals surface area contributed by atoms with E-state index in [2.05, 4.69) is 43.1 Å². The van der Waals surface area contributed by atoms with Crippen LogP contribution in [0.15, 0.2) is 24.3 Å². The van der Waals surface area contributed by atoms with E-state index in [0.29, 0.717) is 5.92 Å². The summed E-state index contributed by atoms with van der Waals surface area (Å²) in [6.45, 7) is 9.26. The fraction of sp³-hybridized carbons (Fsp3) is 0.611. The molecule has 1 aliphatic heterocycles. The standard InChI is InChI=1S/C18H27ClN2O/c1-13(2)14(3)20-18(22)16-8-10-21(11-9-16)12-15-4-6-17(19)7-5-15/h4-7,13-14,16H,8-12H2,1-3H3,(H,20,22)/t14-/m1/s1. The molecule has 1 aromatic rings. The first-order valence-electron chi connectivity index (χ1n) is 8.23. The number of carbonyl (C=O) groups is 1. The van der Waals surface area contributed by atoms with Crippen molar-refractivity contribution in [3.05, 3.63) is 34.9 Å². The molecular formula is C18H27ClN2O. The van der Waals surface area contributed by atoms with E-state index >= 15 is 0 Å². The van der Waals surface area contributed by atoms with Crippen molar-refractivity contribution >= 4 is 17.5 Å². The molecule has 0 spiro atoms. The van der Waals surface area contributed by atoms with Crippen LogP contribution in [0.4, 0.5) is 0 Å². The third-order valence-electron chi connectivity index (χ3n) is 4.65. The maximum absolute atomic E-state index is 12.3. The largest absolute Gasteiger partial charge is 0.353 e. The molecule has 0 aromatic heterocycles. The van der Waals surface area contributed by atoms with Crippen LogP contribution >= 0.6 is 11.6 Å². The Labute approximate surface area is 139 Å². The summed E-state index contributed by atoms with van der Waals surface area (Å²) < 4.78 is 0. The van der Waals surface area contributed by atoms with Gasteiger partial charge in [-0.3, -0.25) is 9.69 Å². The highest BCUT2D eigenvalue weighted by atomic mass is 35.5. The second kappa shape index (κ2) is 7.98. The first-order chi connectivity index (χ1) is 10.5. The van der Waals surface area contributed by atoms with Crippen molar-refractivity contribution in [2.24, 2.45) is 11.8 Å². The van der Waals surface area contributed by atoms with Crippen LogP contribution in [0.1, 0.15) is 39.2 Å². The Morgan fingerprint density at radius 2 is 1.82 bits per heavy atom. The highest BCUT2D eigenvalue weighted by molar-refractivity contribution is 6.30. The van der Waals surface area contributed by atoms with E-state index in [1.54, 1.807) is 0 Å². The van der Waals surface area contributed by atoms with Crippen molar-refractivity contribution in [2.75, 3.05) is 13.1 Å². The van der Waals surface area contributed by atoms with Gasteiger partial charge in [-0.15, -0.1) is 0 Å². The maximum Gasteiger partial charge on any atom is 0.223 e. The molecule has 4 heteroatoms. The van der Waals surface area contributed by atoms with E-state index in [0.717, 1.165) is 37.5 Å². The summed E-state index contributed by atoms with van der Waals surface area (Å²) in [5.74, 6) is 0.879. The number of piperidine rings is 1. The average Bonchev–Trinajstić information content (AvgIpc) is 2.50. The minimum absolute atomic E-state index is 0.169. The van der Waals surface area contributed by atoms with Gasteiger partial charge in [-0.1, -0.05) is 37.6 Å². The van der Waals surface area contributed by atoms with Crippen LogP contribution in [-0.4, -0.2) is 29.9 Å². The molecule has 22 heavy (non-hydrogen) atoms. The Kier molecular flexibility index (Phi) is 6.27. The Morgan fingerprint density at radius 1 is 1.23 bits per heavy atom. The van der Waals surface area contributed by atoms with Crippen LogP contribution in [0.3, 0.4) is 0 Å². The molecule has 1 fully saturated rings. The van der Waals surface area contributed by atoms with E-state index in [-0.39, 0.29) is 17.9 Å². The van der Waals surface area contributed by atoms with Gasteiger partial charge in [-0.05, 0) is 56.5 Å². The molecule has 1 saturated heterocycles. The number of hydrogen-bond donors (Lipinski definition) is 1. The SMILES string of the molecule is CC(C)[C@@H](C)NC(=O)C1CCN(Cc2ccc(Cl)cc2)CC1. The molecule has 1 atom stereocenters. The summed E-state index contributed by atoms with van der Waals surface area (Å²) in [4.78, 5) is 14.7. The molecule has 0 saturated carbocycles. The summed E-state index contributed by atoms with van der Waals surface area (Å²) in [5, 5.41) is 3.92. The van der Waals surface area contributed by atoms with Gasteiger partial charge in [0.05, 0.1) is 0 Å². The van der Waals surface area contributed by atoms with Gasteiger partial charge in [-0.2, -0.15) is 0 Å². The number of rotatable bonds is 5. The number of benzene rings is 1. The first kappa shape index (κ1) is 17.3. The zero-order valence-corrected chi connectivity index (χ0v) is 14.6. The molecule has 3 nitrogen and oxygen atoms in total. The number of nitrogens with zero attached hydrogens (tertiary/aromatic N) is 1. The second-order valence-electron chi connectivity index (χ2n) is 6.72. The van der Waals surface area contributed by atoms with E-state index < -0.39 is 0 Å². The number of nitrogens with one attached hydrogen (secondary N) is 1. The van der Waals surface area contributed by atoms with Crippen molar-refractivity contribution in [1.82, 2.24) is 10.2 Å². The van der Waals surface area contributed by atoms with Crippen LogP contribution in [0, 0.1) is 11.8 Å². The fourth-order valence-electron chi connectivity index (χ4n) is 2.71. The Hall–Kier alpha value is -1.06. The van der Waals surface area contributed by atoms with Crippen molar-refractivity contribution in [2.45, 2.75) is 46.2 Å². The number of carbonyl (C=O) groups excluding carboxylic acids is 1. The van der Waals surface area contributed by atoms with Crippen LogP contribution in [0.25, 0.3) is 0 Å². The summed E-state index contributed by atoms with van der Waals surface area (Å²) in [6.07, 6.45) is 1.90.